The summed E-state index contributed by atoms with van der Waals surface area (Å²) < 4.78 is 36.9. The van der Waals surface area contributed by atoms with Gasteiger partial charge in [0.15, 0.2) is 0 Å². The lowest BCUT2D eigenvalue weighted by molar-refractivity contribution is -0.0691. The van der Waals surface area contributed by atoms with Crippen LogP contribution in [0.3, 0.4) is 0 Å². The number of amidine groups is 1. The van der Waals surface area contributed by atoms with Gasteiger partial charge < -0.3 is 10.2 Å². The van der Waals surface area contributed by atoms with Crippen LogP contribution >= 0.6 is 0 Å². The third-order valence-corrected chi connectivity index (χ3v) is 2.09. The molecule has 0 aromatic rings. The highest BCUT2D eigenvalue weighted by Crippen LogP contribution is 2.24. The fraction of sp³-hybridized carbons (Fsp3) is 0.833. The molecule has 1 unspecified atom stereocenters. The van der Waals surface area contributed by atoms with E-state index in [0.717, 1.165) is 0 Å². The van der Waals surface area contributed by atoms with E-state index in [2.05, 4.69) is 15.8 Å². The van der Waals surface area contributed by atoms with E-state index in [1.807, 2.05) is 0 Å². The number of nitrogens with one attached hydrogen (secondary N) is 2. The molecule has 0 spiro atoms. The van der Waals surface area contributed by atoms with Crippen LogP contribution in [0.25, 0.3) is 0 Å². The number of fused-ring (bicyclic) bond motifs is 1. The van der Waals surface area contributed by atoms with Gasteiger partial charge in [-0.05, 0) is 0 Å². The third-order valence-electron chi connectivity index (χ3n) is 2.09. The SMILES string of the molecule is FC(F)(F)C1=NNC2CNCCN12. The molecule has 1 saturated heterocycles. The van der Waals surface area contributed by atoms with E-state index in [0.29, 0.717) is 19.6 Å². The van der Waals surface area contributed by atoms with Gasteiger partial charge in [0.25, 0.3) is 0 Å². The molecule has 0 bridgehead atoms. The molecule has 74 valence electrons. The Morgan fingerprint density at radius 1 is 1.46 bits per heavy atom. The van der Waals surface area contributed by atoms with Crippen molar-refractivity contribution in [2.24, 2.45) is 5.10 Å². The van der Waals surface area contributed by atoms with Gasteiger partial charge in [-0.25, -0.2) is 0 Å². The molecule has 13 heavy (non-hydrogen) atoms. The van der Waals surface area contributed by atoms with Crippen molar-refractivity contribution in [2.75, 3.05) is 19.6 Å². The molecule has 1 atom stereocenters. The van der Waals surface area contributed by atoms with Crippen molar-refractivity contribution in [1.29, 1.82) is 0 Å². The zero-order valence-corrected chi connectivity index (χ0v) is 6.73. The third kappa shape index (κ3) is 1.43. The lowest BCUT2D eigenvalue weighted by atomic mass is 10.3. The first-order valence-corrected chi connectivity index (χ1v) is 3.97. The van der Waals surface area contributed by atoms with E-state index in [9.17, 15) is 13.2 Å². The molecule has 4 nitrogen and oxygen atoms in total. The molecule has 2 aliphatic rings. The van der Waals surface area contributed by atoms with Crippen LogP contribution in [0, 0.1) is 0 Å². The van der Waals surface area contributed by atoms with Gasteiger partial charge in [-0.15, -0.1) is 0 Å². The molecule has 2 N–H and O–H groups in total. The van der Waals surface area contributed by atoms with Crippen LogP contribution in [0.4, 0.5) is 13.2 Å². The van der Waals surface area contributed by atoms with Crippen molar-refractivity contribution in [3.63, 3.8) is 0 Å². The molecular formula is C6H9F3N4. The predicted octanol–water partition coefficient (Wildman–Crippen LogP) is -0.303. The first-order chi connectivity index (χ1) is 6.09. The van der Waals surface area contributed by atoms with Crippen LogP contribution in [-0.4, -0.2) is 42.7 Å². The van der Waals surface area contributed by atoms with E-state index in [1.54, 1.807) is 0 Å². The second-order valence-electron chi connectivity index (χ2n) is 2.98. The Balaban J connectivity index is 2.14. The minimum Gasteiger partial charge on any atom is -0.327 e. The summed E-state index contributed by atoms with van der Waals surface area (Å²) in [6.07, 6.45) is -4.69. The average Bonchev–Trinajstić information content (AvgIpc) is 2.45. The van der Waals surface area contributed by atoms with Crippen LogP contribution < -0.4 is 10.7 Å². The smallest absolute Gasteiger partial charge is 0.327 e. The van der Waals surface area contributed by atoms with E-state index >= 15 is 0 Å². The topological polar surface area (TPSA) is 39.7 Å². The van der Waals surface area contributed by atoms with Gasteiger partial charge in [-0.2, -0.15) is 18.3 Å². The normalized spacial score (nSPS) is 28.1. The quantitative estimate of drug-likeness (QED) is 0.556. The zero-order valence-electron chi connectivity index (χ0n) is 6.73. The molecule has 0 radical (unpaired) electrons. The maximum absolute atomic E-state index is 12.3. The van der Waals surface area contributed by atoms with Gasteiger partial charge in [0.1, 0.15) is 6.17 Å². The lowest BCUT2D eigenvalue weighted by Crippen LogP contribution is -2.56. The van der Waals surface area contributed by atoms with Crippen LogP contribution in [-0.2, 0) is 0 Å². The van der Waals surface area contributed by atoms with Gasteiger partial charge in [0.05, 0.1) is 0 Å². The van der Waals surface area contributed by atoms with E-state index < -0.39 is 12.0 Å². The molecule has 7 heteroatoms. The van der Waals surface area contributed by atoms with Crippen LogP contribution in [0.15, 0.2) is 5.10 Å². The van der Waals surface area contributed by atoms with Crippen molar-refractivity contribution in [2.45, 2.75) is 12.3 Å². The summed E-state index contributed by atoms with van der Waals surface area (Å²) in [7, 11) is 0. The molecule has 0 amide bonds. The number of hydrogen-bond donors (Lipinski definition) is 2. The molecule has 2 rings (SSSR count). The number of hydrogen-bond acceptors (Lipinski definition) is 4. The molecule has 0 saturated carbocycles. The Kier molecular flexibility index (Phi) is 1.83. The van der Waals surface area contributed by atoms with Gasteiger partial charge in [0, 0.05) is 19.6 Å². The monoisotopic (exact) mass is 194 g/mol. The summed E-state index contributed by atoms with van der Waals surface area (Å²) in [6, 6.07) is 0. The number of piperazine rings is 1. The first-order valence-electron chi connectivity index (χ1n) is 3.97. The van der Waals surface area contributed by atoms with Crippen molar-refractivity contribution in [3.8, 4) is 0 Å². The Morgan fingerprint density at radius 3 is 2.92 bits per heavy atom. The van der Waals surface area contributed by atoms with Crippen molar-refractivity contribution >= 4 is 5.84 Å². The molecule has 2 heterocycles. The second kappa shape index (κ2) is 2.76. The number of halogens is 3. The molecule has 1 fully saturated rings. The molecule has 0 aromatic carbocycles. The van der Waals surface area contributed by atoms with Crippen LogP contribution in [0.1, 0.15) is 0 Å². The fourth-order valence-electron chi connectivity index (χ4n) is 1.50. The molecule has 2 aliphatic heterocycles. The zero-order chi connectivity index (χ0) is 9.47. The minimum absolute atomic E-state index is 0.342. The highest BCUT2D eigenvalue weighted by atomic mass is 19.4. The maximum atomic E-state index is 12.3. The summed E-state index contributed by atoms with van der Waals surface area (Å²) in [6.45, 7) is 1.40. The second-order valence-corrected chi connectivity index (χ2v) is 2.98. The Labute approximate surface area is 72.8 Å². The number of nitrogens with zero attached hydrogens (tertiary/aromatic N) is 2. The van der Waals surface area contributed by atoms with E-state index in [-0.39, 0.29) is 6.17 Å². The van der Waals surface area contributed by atoms with E-state index in [1.165, 1.54) is 4.90 Å². The molecular weight excluding hydrogens is 185 g/mol. The van der Waals surface area contributed by atoms with Crippen molar-refractivity contribution in [3.05, 3.63) is 0 Å². The number of alkyl halides is 3. The number of rotatable bonds is 0. The van der Waals surface area contributed by atoms with Gasteiger partial charge in [0.2, 0.25) is 5.84 Å². The maximum Gasteiger partial charge on any atom is 0.451 e. The van der Waals surface area contributed by atoms with Crippen molar-refractivity contribution in [1.82, 2.24) is 15.6 Å². The molecule has 0 aliphatic carbocycles. The summed E-state index contributed by atoms with van der Waals surface area (Å²) in [4.78, 5) is 1.25. The Morgan fingerprint density at radius 2 is 2.23 bits per heavy atom. The largest absolute Gasteiger partial charge is 0.451 e. The highest BCUT2D eigenvalue weighted by Gasteiger charge is 2.46. The first kappa shape index (κ1) is 8.61. The Hall–Kier alpha value is -0.980. The number of hydrazone groups is 1. The standard InChI is InChI=1S/C6H9F3N4/c7-6(8,9)5-12-11-4-3-10-1-2-13(4)5/h4,10-11H,1-3H2. The fourth-order valence-corrected chi connectivity index (χ4v) is 1.50. The minimum atomic E-state index is -4.35. The molecule has 0 aromatic heterocycles. The van der Waals surface area contributed by atoms with Crippen LogP contribution in [0.2, 0.25) is 0 Å². The van der Waals surface area contributed by atoms with Gasteiger partial charge >= 0.3 is 6.18 Å². The lowest BCUT2D eigenvalue weighted by Gasteiger charge is -2.32. The summed E-state index contributed by atoms with van der Waals surface area (Å²) in [5.74, 6) is -0.806. The van der Waals surface area contributed by atoms with E-state index in [4.69, 9.17) is 0 Å². The highest BCUT2D eigenvalue weighted by molar-refractivity contribution is 5.88. The van der Waals surface area contributed by atoms with Crippen molar-refractivity contribution < 1.29 is 13.2 Å². The van der Waals surface area contributed by atoms with Gasteiger partial charge in [-0.3, -0.25) is 5.43 Å². The summed E-state index contributed by atoms with van der Waals surface area (Å²) >= 11 is 0. The predicted molar refractivity (Wildman–Crippen MR) is 40.0 cm³/mol. The summed E-state index contributed by atoms with van der Waals surface area (Å²) in [5, 5.41) is 6.26. The van der Waals surface area contributed by atoms with Gasteiger partial charge in [-0.1, -0.05) is 0 Å². The van der Waals surface area contributed by atoms with Crippen LogP contribution in [0.5, 0.6) is 0 Å². The Bertz CT molecular complexity index is 237. The average molecular weight is 194 g/mol. The summed E-state index contributed by atoms with van der Waals surface area (Å²) in [5.41, 5.74) is 2.45.